The third kappa shape index (κ3) is 3.08. The van der Waals surface area contributed by atoms with Crippen LogP contribution in [0.3, 0.4) is 0 Å². The average molecular weight is 387 g/mol. The van der Waals surface area contributed by atoms with Crippen LogP contribution in [-0.2, 0) is 18.9 Å². The molecule has 0 fully saturated rings. The molecular weight excluding hydrogens is 370 g/mol. The highest BCUT2D eigenvalue weighted by molar-refractivity contribution is 9.09. The fraction of sp³-hybridized carbons (Fsp3) is 0.429. The molecule has 0 saturated heterocycles. The Morgan fingerprint density at radius 1 is 1.26 bits per heavy atom. The van der Waals surface area contributed by atoms with Gasteiger partial charge in [-0.05, 0) is 12.5 Å². The van der Waals surface area contributed by atoms with Crippen LogP contribution in [0.1, 0.15) is 17.0 Å². The van der Waals surface area contributed by atoms with E-state index in [-0.39, 0.29) is 5.41 Å². The predicted octanol–water partition coefficient (Wildman–Crippen LogP) is 3.39. The summed E-state index contributed by atoms with van der Waals surface area (Å²) in [4.78, 5) is 4.35. The van der Waals surface area contributed by atoms with Gasteiger partial charge in [0.25, 0.3) is 0 Å². The molecule has 1 aromatic heterocycles. The lowest BCUT2D eigenvalue weighted by molar-refractivity contribution is 0.514. The molecule has 3 nitrogen and oxygen atoms in total. The maximum Gasteiger partial charge on any atom is 0.138 e. The standard InChI is InChI=1S/C14H17Br2N3/c1-11-4-3-5-12(6-11)14(8-15,9-16)7-13-17-10-18-19(13)2/h3-6,10H,7-9H2,1-2H3. The zero-order valence-electron chi connectivity index (χ0n) is 11.1. The fourth-order valence-corrected chi connectivity index (χ4v) is 4.12. The number of benzene rings is 1. The van der Waals surface area contributed by atoms with Gasteiger partial charge >= 0.3 is 0 Å². The maximum atomic E-state index is 4.35. The van der Waals surface area contributed by atoms with Crippen LogP contribution in [0.2, 0.25) is 0 Å². The van der Waals surface area contributed by atoms with Crippen LogP contribution in [0, 0.1) is 6.92 Å². The molecule has 1 heterocycles. The van der Waals surface area contributed by atoms with Crippen molar-refractivity contribution in [3.8, 4) is 0 Å². The molecule has 0 aliphatic heterocycles. The molecule has 0 N–H and O–H groups in total. The number of aromatic nitrogens is 3. The third-order valence-corrected chi connectivity index (χ3v) is 5.59. The van der Waals surface area contributed by atoms with Gasteiger partial charge in [-0.1, -0.05) is 61.7 Å². The third-order valence-electron chi connectivity index (χ3n) is 3.44. The maximum absolute atomic E-state index is 4.35. The fourth-order valence-electron chi connectivity index (χ4n) is 2.14. The molecule has 1 aromatic carbocycles. The number of alkyl halides is 2. The Morgan fingerprint density at radius 3 is 2.53 bits per heavy atom. The Labute approximate surface area is 130 Å². The quantitative estimate of drug-likeness (QED) is 0.737. The monoisotopic (exact) mass is 385 g/mol. The zero-order valence-corrected chi connectivity index (χ0v) is 14.3. The van der Waals surface area contributed by atoms with Crippen molar-refractivity contribution in [2.75, 3.05) is 10.7 Å². The second-order valence-electron chi connectivity index (χ2n) is 4.89. The van der Waals surface area contributed by atoms with E-state index in [1.54, 1.807) is 6.33 Å². The Hall–Kier alpha value is -0.680. The number of hydrogen-bond donors (Lipinski definition) is 0. The smallest absolute Gasteiger partial charge is 0.138 e. The first-order chi connectivity index (χ1) is 9.11. The summed E-state index contributed by atoms with van der Waals surface area (Å²) in [6, 6.07) is 8.67. The van der Waals surface area contributed by atoms with Gasteiger partial charge < -0.3 is 0 Å². The molecule has 0 spiro atoms. The summed E-state index contributed by atoms with van der Waals surface area (Å²) in [5.41, 5.74) is 2.60. The van der Waals surface area contributed by atoms with Crippen molar-refractivity contribution >= 4 is 31.9 Å². The molecule has 0 atom stereocenters. The number of hydrogen-bond acceptors (Lipinski definition) is 2. The van der Waals surface area contributed by atoms with Gasteiger partial charge in [0.2, 0.25) is 0 Å². The minimum atomic E-state index is -0.00713. The van der Waals surface area contributed by atoms with E-state index in [2.05, 4.69) is 73.1 Å². The summed E-state index contributed by atoms with van der Waals surface area (Å²) in [5, 5.41) is 5.91. The van der Waals surface area contributed by atoms with Crippen LogP contribution in [0.15, 0.2) is 30.6 Å². The number of aryl methyl sites for hydroxylation is 2. The Bertz CT molecular complexity index is 547. The second-order valence-corrected chi connectivity index (χ2v) is 6.02. The lowest BCUT2D eigenvalue weighted by Crippen LogP contribution is -2.34. The minimum Gasteiger partial charge on any atom is -0.253 e. The normalized spacial score (nSPS) is 11.8. The van der Waals surface area contributed by atoms with Crippen LogP contribution in [0.5, 0.6) is 0 Å². The van der Waals surface area contributed by atoms with E-state index in [1.165, 1.54) is 11.1 Å². The molecule has 0 amide bonds. The molecule has 19 heavy (non-hydrogen) atoms. The van der Waals surface area contributed by atoms with E-state index in [1.807, 2.05) is 11.7 Å². The molecule has 0 aliphatic carbocycles. The first kappa shape index (κ1) is 14.7. The molecule has 0 aliphatic rings. The summed E-state index contributed by atoms with van der Waals surface area (Å²) >= 11 is 7.35. The minimum absolute atomic E-state index is 0.00713. The van der Waals surface area contributed by atoms with Gasteiger partial charge in [-0.25, -0.2) is 4.98 Å². The number of nitrogens with zero attached hydrogens (tertiary/aromatic N) is 3. The van der Waals surface area contributed by atoms with E-state index in [0.717, 1.165) is 22.9 Å². The summed E-state index contributed by atoms with van der Waals surface area (Å²) in [5.74, 6) is 1.00. The van der Waals surface area contributed by atoms with Crippen LogP contribution < -0.4 is 0 Å². The van der Waals surface area contributed by atoms with E-state index < -0.39 is 0 Å². The highest BCUT2D eigenvalue weighted by Gasteiger charge is 2.32. The Morgan fingerprint density at radius 2 is 2.00 bits per heavy atom. The van der Waals surface area contributed by atoms with Gasteiger partial charge in [0.05, 0.1) is 0 Å². The van der Waals surface area contributed by atoms with Gasteiger partial charge in [0, 0.05) is 29.5 Å². The van der Waals surface area contributed by atoms with Crippen molar-refractivity contribution in [1.82, 2.24) is 14.8 Å². The van der Waals surface area contributed by atoms with Crippen LogP contribution in [0.4, 0.5) is 0 Å². The lowest BCUT2D eigenvalue weighted by atomic mass is 9.80. The molecule has 2 aromatic rings. The predicted molar refractivity (Wildman–Crippen MR) is 85.2 cm³/mol. The Kier molecular flexibility index (Phi) is 4.79. The highest BCUT2D eigenvalue weighted by atomic mass is 79.9. The number of halogens is 2. The van der Waals surface area contributed by atoms with Gasteiger partial charge in [-0.2, -0.15) is 5.10 Å². The summed E-state index contributed by atoms with van der Waals surface area (Å²) in [7, 11) is 1.94. The molecular formula is C14H17Br2N3. The topological polar surface area (TPSA) is 30.7 Å². The van der Waals surface area contributed by atoms with Gasteiger partial charge in [0.1, 0.15) is 12.2 Å². The molecule has 0 bridgehead atoms. The van der Waals surface area contributed by atoms with E-state index in [9.17, 15) is 0 Å². The molecule has 0 saturated carbocycles. The average Bonchev–Trinajstić information content (AvgIpc) is 2.81. The first-order valence-electron chi connectivity index (χ1n) is 6.13. The Balaban J connectivity index is 2.40. The molecule has 2 rings (SSSR count). The molecule has 5 heteroatoms. The summed E-state index contributed by atoms with van der Waals surface area (Å²) in [6.45, 7) is 2.12. The largest absolute Gasteiger partial charge is 0.253 e. The second kappa shape index (κ2) is 6.18. The molecule has 0 unspecified atom stereocenters. The number of rotatable bonds is 5. The summed E-state index contributed by atoms with van der Waals surface area (Å²) in [6.07, 6.45) is 2.46. The summed E-state index contributed by atoms with van der Waals surface area (Å²) < 4.78 is 1.84. The van der Waals surface area contributed by atoms with Gasteiger partial charge in [-0.15, -0.1) is 0 Å². The van der Waals surface area contributed by atoms with Gasteiger partial charge in [0.15, 0.2) is 0 Å². The SMILES string of the molecule is Cc1cccc(C(CBr)(CBr)Cc2ncnn2C)c1. The van der Waals surface area contributed by atoms with E-state index >= 15 is 0 Å². The van der Waals surface area contributed by atoms with Crippen molar-refractivity contribution in [3.05, 3.63) is 47.5 Å². The first-order valence-corrected chi connectivity index (χ1v) is 8.37. The van der Waals surface area contributed by atoms with Crippen LogP contribution in [0.25, 0.3) is 0 Å². The van der Waals surface area contributed by atoms with Crippen molar-refractivity contribution in [1.29, 1.82) is 0 Å². The molecule has 0 radical (unpaired) electrons. The molecule has 102 valence electrons. The van der Waals surface area contributed by atoms with Crippen LogP contribution in [-0.4, -0.2) is 25.4 Å². The van der Waals surface area contributed by atoms with E-state index in [4.69, 9.17) is 0 Å². The highest BCUT2D eigenvalue weighted by Crippen LogP contribution is 2.32. The van der Waals surface area contributed by atoms with Crippen molar-refractivity contribution < 1.29 is 0 Å². The van der Waals surface area contributed by atoms with E-state index in [0.29, 0.717) is 0 Å². The lowest BCUT2D eigenvalue weighted by Gasteiger charge is -2.30. The van der Waals surface area contributed by atoms with Crippen molar-refractivity contribution in [3.63, 3.8) is 0 Å². The van der Waals surface area contributed by atoms with Gasteiger partial charge in [-0.3, -0.25) is 4.68 Å². The van der Waals surface area contributed by atoms with Crippen molar-refractivity contribution in [2.24, 2.45) is 7.05 Å². The zero-order chi connectivity index (χ0) is 13.9. The van der Waals surface area contributed by atoms with Crippen molar-refractivity contribution in [2.45, 2.75) is 18.8 Å². The van der Waals surface area contributed by atoms with Crippen LogP contribution >= 0.6 is 31.9 Å².